The largest absolute Gasteiger partial charge is 0.353 e. The Labute approximate surface area is 70.8 Å². The van der Waals surface area contributed by atoms with Crippen molar-refractivity contribution in [2.24, 2.45) is 0 Å². The molecule has 0 N–H and O–H groups in total. The summed E-state index contributed by atoms with van der Waals surface area (Å²) in [4.78, 5) is 10.0. The number of nitro groups is 1. The molecule has 12 heavy (non-hydrogen) atoms. The lowest BCUT2D eigenvalue weighted by Crippen LogP contribution is -2.35. The summed E-state index contributed by atoms with van der Waals surface area (Å²) in [5.41, 5.74) is 0. The molecule has 1 aliphatic heterocycles. The Bertz CT molecular complexity index is 153. The molecule has 1 rings (SSSR count). The number of hydrogen-bond acceptors (Lipinski definition) is 4. The van der Waals surface area contributed by atoms with Crippen LogP contribution in [0.3, 0.4) is 0 Å². The molecule has 0 amide bonds. The Morgan fingerprint density at radius 2 is 2.42 bits per heavy atom. The molecule has 2 atom stereocenters. The Kier molecular flexibility index (Phi) is 3.43. The van der Waals surface area contributed by atoms with Crippen LogP contribution >= 0.6 is 0 Å². The van der Waals surface area contributed by atoms with Crippen molar-refractivity contribution in [3.05, 3.63) is 10.1 Å². The Hall–Kier alpha value is -0.680. The minimum Gasteiger partial charge on any atom is -0.353 e. The summed E-state index contributed by atoms with van der Waals surface area (Å²) in [7, 11) is 0. The molecule has 1 fully saturated rings. The molecule has 1 aliphatic rings. The van der Waals surface area contributed by atoms with Crippen molar-refractivity contribution < 1.29 is 14.4 Å². The van der Waals surface area contributed by atoms with Crippen molar-refractivity contribution >= 4 is 0 Å². The average Bonchev–Trinajstić information content (AvgIpc) is 2.06. The lowest BCUT2D eigenvalue weighted by Gasteiger charge is -2.23. The van der Waals surface area contributed by atoms with Gasteiger partial charge >= 0.3 is 0 Å². The van der Waals surface area contributed by atoms with E-state index >= 15 is 0 Å². The average molecular weight is 175 g/mol. The molecule has 0 aromatic heterocycles. The van der Waals surface area contributed by atoms with E-state index in [1.54, 1.807) is 0 Å². The maximum absolute atomic E-state index is 10.3. The molecule has 70 valence electrons. The second kappa shape index (κ2) is 4.37. The highest BCUT2D eigenvalue weighted by Crippen LogP contribution is 2.16. The summed E-state index contributed by atoms with van der Waals surface area (Å²) in [6.45, 7) is 2.65. The van der Waals surface area contributed by atoms with Gasteiger partial charge in [0.1, 0.15) is 6.61 Å². The summed E-state index contributed by atoms with van der Waals surface area (Å²) in [6, 6.07) is -0.540. The van der Waals surface area contributed by atoms with Gasteiger partial charge in [0, 0.05) is 24.4 Å². The summed E-state index contributed by atoms with van der Waals surface area (Å²) in [6.07, 6.45) is 0.947. The standard InChI is InChI=1S/C7H13NO4/c1-2-11-7-4-3-6(5-12-7)8(9)10/h6-7H,2-5H2,1H3. The molecule has 2 unspecified atom stereocenters. The first kappa shape index (κ1) is 9.41. The van der Waals surface area contributed by atoms with Gasteiger partial charge in [-0.05, 0) is 6.92 Å². The van der Waals surface area contributed by atoms with E-state index in [1.807, 2.05) is 6.92 Å². The van der Waals surface area contributed by atoms with Crippen molar-refractivity contribution in [1.82, 2.24) is 0 Å². The van der Waals surface area contributed by atoms with E-state index in [2.05, 4.69) is 0 Å². The van der Waals surface area contributed by atoms with Crippen LogP contribution in [0.2, 0.25) is 0 Å². The fraction of sp³-hybridized carbons (Fsp3) is 1.00. The third-order valence-electron chi connectivity index (χ3n) is 1.86. The lowest BCUT2D eigenvalue weighted by molar-refractivity contribution is -0.535. The number of rotatable bonds is 3. The molecule has 0 saturated carbocycles. The van der Waals surface area contributed by atoms with E-state index in [-0.39, 0.29) is 17.8 Å². The highest BCUT2D eigenvalue weighted by atomic mass is 16.7. The van der Waals surface area contributed by atoms with Crippen LogP contribution in [0.15, 0.2) is 0 Å². The zero-order chi connectivity index (χ0) is 8.97. The summed E-state index contributed by atoms with van der Waals surface area (Å²) >= 11 is 0. The Balaban J connectivity index is 2.25. The van der Waals surface area contributed by atoms with Crippen LogP contribution < -0.4 is 0 Å². The van der Waals surface area contributed by atoms with Gasteiger partial charge in [0.05, 0.1) is 0 Å². The number of hydrogen-bond donors (Lipinski definition) is 0. The van der Waals surface area contributed by atoms with Crippen LogP contribution in [0.25, 0.3) is 0 Å². The predicted octanol–water partition coefficient (Wildman–Crippen LogP) is 0.805. The van der Waals surface area contributed by atoms with E-state index in [4.69, 9.17) is 9.47 Å². The van der Waals surface area contributed by atoms with Crippen molar-refractivity contribution in [2.45, 2.75) is 32.1 Å². The first-order valence-electron chi connectivity index (χ1n) is 4.10. The highest BCUT2D eigenvalue weighted by molar-refractivity contribution is 4.63. The maximum Gasteiger partial charge on any atom is 0.236 e. The molecule has 1 heterocycles. The van der Waals surface area contributed by atoms with Gasteiger partial charge in [-0.25, -0.2) is 0 Å². The van der Waals surface area contributed by atoms with Gasteiger partial charge in [0.15, 0.2) is 6.29 Å². The topological polar surface area (TPSA) is 61.6 Å². The maximum atomic E-state index is 10.3. The van der Waals surface area contributed by atoms with Crippen LogP contribution in [0.4, 0.5) is 0 Å². The van der Waals surface area contributed by atoms with Crippen molar-refractivity contribution in [1.29, 1.82) is 0 Å². The zero-order valence-electron chi connectivity index (χ0n) is 7.06. The molecular weight excluding hydrogens is 162 g/mol. The van der Waals surface area contributed by atoms with Crippen molar-refractivity contribution in [2.75, 3.05) is 13.2 Å². The van der Waals surface area contributed by atoms with E-state index in [9.17, 15) is 10.1 Å². The van der Waals surface area contributed by atoms with E-state index in [1.165, 1.54) is 0 Å². The van der Waals surface area contributed by atoms with Crippen LogP contribution in [-0.4, -0.2) is 30.5 Å². The second-order valence-corrected chi connectivity index (χ2v) is 2.73. The Morgan fingerprint density at radius 1 is 1.67 bits per heavy atom. The summed E-state index contributed by atoms with van der Waals surface area (Å²) < 4.78 is 10.3. The second-order valence-electron chi connectivity index (χ2n) is 2.73. The SMILES string of the molecule is CCOC1CCC([N+](=O)[O-])CO1. The smallest absolute Gasteiger partial charge is 0.236 e. The number of nitrogens with zero attached hydrogens (tertiary/aromatic N) is 1. The van der Waals surface area contributed by atoms with Gasteiger partial charge in [-0.2, -0.15) is 0 Å². The van der Waals surface area contributed by atoms with Crippen LogP contribution in [-0.2, 0) is 9.47 Å². The van der Waals surface area contributed by atoms with E-state index in [0.717, 1.165) is 0 Å². The van der Waals surface area contributed by atoms with Gasteiger partial charge in [-0.1, -0.05) is 0 Å². The molecule has 0 radical (unpaired) electrons. The van der Waals surface area contributed by atoms with Crippen molar-refractivity contribution in [3.63, 3.8) is 0 Å². The van der Waals surface area contributed by atoms with Crippen LogP contribution in [0.1, 0.15) is 19.8 Å². The van der Waals surface area contributed by atoms with Crippen molar-refractivity contribution in [3.8, 4) is 0 Å². The normalized spacial score (nSPS) is 30.1. The van der Waals surface area contributed by atoms with E-state index in [0.29, 0.717) is 19.4 Å². The Morgan fingerprint density at radius 3 is 2.83 bits per heavy atom. The van der Waals surface area contributed by atoms with Crippen LogP contribution in [0, 0.1) is 10.1 Å². The third-order valence-corrected chi connectivity index (χ3v) is 1.86. The molecule has 5 nitrogen and oxygen atoms in total. The molecule has 0 aromatic carbocycles. The van der Waals surface area contributed by atoms with Gasteiger partial charge in [-0.15, -0.1) is 0 Å². The van der Waals surface area contributed by atoms with Crippen LogP contribution in [0.5, 0.6) is 0 Å². The first-order chi connectivity index (χ1) is 5.74. The van der Waals surface area contributed by atoms with Gasteiger partial charge in [0.25, 0.3) is 0 Å². The summed E-state index contributed by atoms with van der Waals surface area (Å²) in [5.74, 6) is 0. The minimum atomic E-state index is -0.540. The third kappa shape index (κ3) is 2.42. The fourth-order valence-corrected chi connectivity index (χ4v) is 1.20. The number of ether oxygens (including phenoxy) is 2. The summed E-state index contributed by atoms with van der Waals surface area (Å²) in [5, 5.41) is 10.3. The van der Waals surface area contributed by atoms with Gasteiger partial charge in [-0.3, -0.25) is 10.1 Å². The highest BCUT2D eigenvalue weighted by Gasteiger charge is 2.28. The monoisotopic (exact) mass is 175 g/mol. The molecular formula is C7H13NO4. The molecule has 0 aliphatic carbocycles. The van der Waals surface area contributed by atoms with Gasteiger partial charge < -0.3 is 9.47 Å². The first-order valence-corrected chi connectivity index (χ1v) is 4.10. The quantitative estimate of drug-likeness (QED) is 0.470. The molecule has 0 bridgehead atoms. The fourth-order valence-electron chi connectivity index (χ4n) is 1.20. The zero-order valence-corrected chi connectivity index (χ0v) is 7.06. The minimum absolute atomic E-state index is 0.178. The van der Waals surface area contributed by atoms with E-state index < -0.39 is 6.04 Å². The lowest BCUT2D eigenvalue weighted by atomic mass is 10.1. The van der Waals surface area contributed by atoms with Gasteiger partial charge in [0.2, 0.25) is 6.04 Å². The predicted molar refractivity (Wildman–Crippen MR) is 41.4 cm³/mol. The molecule has 1 saturated heterocycles. The molecule has 5 heteroatoms. The molecule has 0 aromatic rings. The molecule has 0 spiro atoms.